The van der Waals surface area contributed by atoms with Crippen molar-refractivity contribution in [2.75, 3.05) is 5.73 Å². The number of nitrogens with two attached hydrogens (primary N) is 1. The fraction of sp³-hybridized carbons (Fsp3) is 0.500. The highest BCUT2D eigenvalue weighted by atomic mass is 16.5. The normalized spacial score (nSPS) is 22.2. The number of amides is 1. The molecule has 3 rings (SSSR count). The predicted molar refractivity (Wildman–Crippen MR) is 70.7 cm³/mol. The Hall–Kier alpha value is -2.22. The topological polar surface area (TPSA) is 119 Å². The quantitative estimate of drug-likeness (QED) is 0.559. The van der Waals surface area contributed by atoms with E-state index >= 15 is 0 Å². The van der Waals surface area contributed by atoms with E-state index in [1.165, 1.54) is 6.33 Å². The molecular weight excluding hydrogens is 260 g/mol. The molecule has 0 bridgehead atoms. The summed E-state index contributed by atoms with van der Waals surface area (Å²) in [5.41, 5.74) is 8.80. The highest BCUT2D eigenvalue weighted by Gasteiger charge is 2.28. The summed E-state index contributed by atoms with van der Waals surface area (Å²) >= 11 is 0. The summed E-state index contributed by atoms with van der Waals surface area (Å²) in [4.78, 5) is 23.6. The van der Waals surface area contributed by atoms with Crippen molar-refractivity contribution < 1.29 is 10.0 Å². The van der Waals surface area contributed by atoms with Crippen LogP contribution in [0.4, 0.5) is 5.82 Å². The molecule has 0 unspecified atom stereocenters. The number of hydroxylamine groups is 1. The second-order valence-corrected chi connectivity index (χ2v) is 5.15. The van der Waals surface area contributed by atoms with Gasteiger partial charge in [-0.15, -0.1) is 0 Å². The molecule has 4 N–H and O–H groups in total. The van der Waals surface area contributed by atoms with E-state index in [1.807, 2.05) is 4.57 Å². The van der Waals surface area contributed by atoms with E-state index in [-0.39, 0.29) is 17.9 Å². The van der Waals surface area contributed by atoms with E-state index in [2.05, 4.69) is 15.0 Å². The largest absolute Gasteiger partial charge is 0.382 e. The fourth-order valence-electron chi connectivity index (χ4n) is 2.93. The first-order chi connectivity index (χ1) is 9.69. The zero-order valence-corrected chi connectivity index (χ0v) is 10.9. The average Bonchev–Trinajstić information content (AvgIpc) is 3.05. The molecule has 0 aliphatic heterocycles. The van der Waals surface area contributed by atoms with E-state index in [0.717, 1.165) is 24.9 Å². The van der Waals surface area contributed by atoms with Crippen molar-refractivity contribution >= 4 is 22.9 Å². The van der Waals surface area contributed by atoms with Gasteiger partial charge in [0.1, 0.15) is 11.8 Å². The van der Waals surface area contributed by atoms with Crippen molar-refractivity contribution in [3.8, 4) is 0 Å². The number of nitrogens with one attached hydrogen (secondary N) is 1. The van der Waals surface area contributed by atoms with Crippen molar-refractivity contribution in [2.45, 2.75) is 31.7 Å². The minimum atomic E-state index is -0.335. The highest BCUT2D eigenvalue weighted by Crippen LogP contribution is 2.37. The second-order valence-electron chi connectivity index (χ2n) is 5.15. The first kappa shape index (κ1) is 12.8. The molecule has 2 heterocycles. The lowest BCUT2D eigenvalue weighted by Crippen LogP contribution is -2.21. The molecule has 1 aliphatic carbocycles. The number of imidazole rings is 1. The van der Waals surface area contributed by atoms with Gasteiger partial charge < -0.3 is 10.3 Å². The van der Waals surface area contributed by atoms with Crippen LogP contribution in [0.5, 0.6) is 0 Å². The summed E-state index contributed by atoms with van der Waals surface area (Å²) in [5.74, 6) is 0.310. The maximum absolute atomic E-state index is 11.2. The monoisotopic (exact) mass is 276 g/mol. The number of hydrogen-bond acceptors (Lipinski definition) is 6. The lowest BCUT2D eigenvalue weighted by atomic mass is 10.0. The third-order valence-electron chi connectivity index (χ3n) is 3.89. The lowest BCUT2D eigenvalue weighted by Gasteiger charge is -2.13. The average molecular weight is 276 g/mol. The number of anilines is 1. The maximum atomic E-state index is 11.2. The molecule has 1 saturated carbocycles. The summed E-state index contributed by atoms with van der Waals surface area (Å²) < 4.78 is 2.00. The predicted octanol–water partition coefficient (Wildman–Crippen LogP) is 0.645. The molecule has 2 aromatic rings. The number of nitrogens with zero attached hydrogens (tertiary/aromatic N) is 4. The number of carbonyl (C=O) groups is 1. The van der Waals surface area contributed by atoms with Gasteiger partial charge in [0.2, 0.25) is 5.91 Å². The molecule has 2 aromatic heterocycles. The molecule has 0 saturated heterocycles. The Bertz CT molecular complexity index is 640. The van der Waals surface area contributed by atoms with E-state index < -0.39 is 0 Å². The van der Waals surface area contributed by atoms with Crippen LogP contribution in [-0.4, -0.2) is 30.6 Å². The molecule has 0 radical (unpaired) electrons. The van der Waals surface area contributed by atoms with E-state index in [4.69, 9.17) is 10.9 Å². The standard InChI is InChI=1S/C12H16N6O2/c13-11-10-12(15-5-14-11)18(6-16-10)8-2-1-7(3-8)4-9(19)17-20/h5-8,20H,1-4H2,(H,17,19)(H2,13,14,15)/t7-,8+/m0/s1. The molecule has 1 aliphatic rings. The Balaban J connectivity index is 1.80. The minimum Gasteiger partial charge on any atom is -0.382 e. The summed E-state index contributed by atoms with van der Waals surface area (Å²) in [6.07, 6.45) is 6.27. The number of aromatic nitrogens is 4. The van der Waals surface area contributed by atoms with Crippen LogP contribution in [0, 0.1) is 5.92 Å². The van der Waals surface area contributed by atoms with Crippen LogP contribution in [-0.2, 0) is 4.79 Å². The Kier molecular flexibility index (Phi) is 3.23. The van der Waals surface area contributed by atoms with Crippen molar-refractivity contribution in [1.82, 2.24) is 25.0 Å². The Morgan fingerprint density at radius 1 is 1.45 bits per heavy atom. The zero-order chi connectivity index (χ0) is 14.1. The van der Waals surface area contributed by atoms with Gasteiger partial charge in [-0.25, -0.2) is 20.4 Å². The van der Waals surface area contributed by atoms with Crippen LogP contribution < -0.4 is 11.2 Å². The summed E-state index contributed by atoms with van der Waals surface area (Å²) in [6, 6.07) is 0.255. The van der Waals surface area contributed by atoms with Crippen LogP contribution >= 0.6 is 0 Å². The molecule has 2 atom stereocenters. The minimum absolute atomic E-state index is 0.255. The molecular formula is C12H16N6O2. The summed E-state index contributed by atoms with van der Waals surface area (Å²) in [5, 5.41) is 8.57. The first-order valence-electron chi connectivity index (χ1n) is 6.55. The van der Waals surface area contributed by atoms with Crippen LogP contribution in [0.3, 0.4) is 0 Å². The molecule has 0 aromatic carbocycles. The number of nitrogen functional groups attached to an aromatic ring is 1. The van der Waals surface area contributed by atoms with E-state index in [1.54, 1.807) is 11.8 Å². The van der Waals surface area contributed by atoms with Gasteiger partial charge >= 0.3 is 0 Å². The Morgan fingerprint density at radius 2 is 2.30 bits per heavy atom. The van der Waals surface area contributed by atoms with Gasteiger partial charge in [-0.05, 0) is 25.2 Å². The number of fused-ring (bicyclic) bond motifs is 1. The van der Waals surface area contributed by atoms with Gasteiger partial charge in [-0.2, -0.15) is 0 Å². The maximum Gasteiger partial charge on any atom is 0.243 e. The van der Waals surface area contributed by atoms with Crippen molar-refractivity contribution in [2.24, 2.45) is 5.92 Å². The van der Waals surface area contributed by atoms with Crippen molar-refractivity contribution in [1.29, 1.82) is 0 Å². The fourth-order valence-corrected chi connectivity index (χ4v) is 2.93. The van der Waals surface area contributed by atoms with E-state index in [0.29, 0.717) is 17.8 Å². The summed E-state index contributed by atoms with van der Waals surface area (Å²) in [6.45, 7) is 0. The van der Waals surface area contributed by atoms with Gasteiger partial charge in [-0.3, -0.25) is 10.0 Å². The number of carbonyl (C=O) groups excluding carboxylic acids is 1. The molecule has 0 spiro atoms. The number of rotatable bonds is 3. The molecule has 106 valence electrons. The molecule has 1 amide bonds. The van der Waals surface area contributed by atoms with Crippen molar-refractivity contribution in [3.05, 3.63) is 12.7 Å². The van der Waals surface area contributed by atoms with Crippen LogP contribution in [0.2, 0.25) is 0 Å². The molecule has 20 heavy (non-hydrogen) atoms. The smallest absolute Gasteiger partial charge is 0.243 e. The third-order valence-corrected chi connectivity index (χ3v) is 3.89. The van der Waals surface area contributed by atoms with Gasteiger partial charge in [0.05, 0.1) is 6.33 Å². The van der Waals surface area contributed by atoms with Gasteiger partial charge in [-0.1, -0.05) is 0 Å². The van der Waals surface area contributed by atoms with Crippen LogP contribution in [0.25, 0.3) is 11.2 Å². The van der Waals surface area contributed by atoms with Gasteiger partial charge in [0, 0.05) is 12.5 Å². The van der Waals surface area contributed by atoms with Crippen LogP contribution in [0.1, 0.15) is 31.7 Å². The van der Waals surface area contributed by atoms with Gasteiger partial charge in [0.25, 0.3) is 0 Å². The van der Waals surface area contributed by atoms with E-state index in [9.17, 15) is 4.79 Å². The first-order valence-corrected chi connectivity index (χ1v) is 6.55. The third kappa shape index (κ3) is 2.18. The zero-order valence-electron chi connectivity index (χ0n) is 10.9. The SMILES string of the molecule is Nc1ncnc2c1ncn2[C@@H]1CC[C@H](CC(=O)NO)C1. The molecule has 8 heteroatoms. The molecule has 1 fully saturated rings. The lowest BCUT2D eigenvalue weighted by molar-refractivity contribution is -0.130. The van der Waals surface area contributed by atoms with Crippen LogP contribution in [0.15, 0.2) is 12.7 Å². The van der Waals surface area contributed by atoms with Gasteiger partial charge in [0.15, 0.2) is 11.5 Å². The van der Waals surface area contributed by atoms with Crippen molar-refractivity contribution in [3.63, 3.8) is 0 Å². The highest BCUT2D eigenvalue weighted by molar-refractivity contribution is 5.81. The number of hydrogen-bond donors (Lipinski definition) is 3. The Labute approximate surface area is 115 Å². The molecule has 8 nitrogen and oxygen atoms in total. The second kappa shape index (κ2) is 5.04. The Morgan fingerprint density at radius 3 is 3.10 bits per heavy atom. The summed E-state index contributed by atoms with van der Waals surface area (Å²) in [7, 11) is 0.